The van der Waals surface area contributed by atoms with Crippen molar-refractivity contribution in [3.63, 3.8) is 0 Å². The van der Waals surface area contributed by atoms with Crippen LogP contribution in [0.15, 0.2) is 15.7 Å². The van der Waals surface area contributed by atoms with Crippen molar-refractivity contribution in [3.8, 4) is 0 Å². The molecular weight excluding hydrogens is 270 g/mol. The first kappa shape index (κ1) is 12.4. The van der Waals surface area contributed by atoms with Gasteiger partial charge in [-0.25, -0.2) is 13.1 Å². The number of hydrogen-bond donors (Lipinski definition) is 2. The zero-order chi connectivity index (χ0) is 12.8. The Hall–Kier alpha value is -0.630. The summed E-state index contributed by atoms with van der Waals surface area (Å²) in [6.07, 6.45) is 3.18. The lowest BCUT2D eigenvalue weighted by molar-refractivity contribution is 0.309. The van der Waals surface area contributed by atoms with E-state index in [1.807, 2.05) is 0 Å². The number of nitrogens with two attached hydrogens (primary N) is 1. The van der Waals surface area contributed by atoms with Crippen molar-refractivity contribution in [2.75, 3.05) is 18.8 Å². The summed E-state index contributed by atoms with van der Waals surface area (Å²) in [6.45, 7) is 2.11. The van der Waals surface area contributed by atoms with Crippen LogP contribution in [-0.2, 0) is 10.0 Å². The Morgan fingerprint density at radius 3 is 2.94 bits per heavy atom. The normalized spacial score (nSPS) is 28.7. The van der Waals surface area contributed by atoms with Gasteiger partial charge in [-0.2, -0.15) is 0 Å². The summed E-state index contributed by atoms with van der Waals surface area (Å²) in [5, 5.41) is 1.66. The number of hydrogen-bond acceptors (Lipinski definition) is 5. The predicted octanol–water partition coefficient (Wildman–Crippen LogP) is 0.845. The van der Waals surface area contributed by atoms with Gasteiger partial charge in [0, 0.05) is 29.7 Å². The molecule has 0 bridgehead atoms. The summed E-state index contributed by atoms with van der Waals surface area (Å²) in [6, 6.07) is 1.96. The Kier molecular flexibility index (Phi) is 3.09. The van der Waals surface area contributed by atoms with Crippen LogP contribution in [0.3, 0.4) is 0 Å². The zero-order valence-electron chi connectivity index (χ0n) is 10.0. The fourth-order valence-electron chi connectivity index (χ4n) is 2.95. The Morgan fingerprint density at radius 2 is 2.22 bits per heavy atom. The largest absolute Gasteiger partial charge is 0.398 e. The molecule has 18 heavy (non-hydrogen) atoms. The topological polar surface area (TPSA) is 75.4 Å². The average molecular weight is 287 g/mol. The number of nitrogens with one attached hydrogen (secondary N) is 1. The number of fused-ring (bicyclic) bond motifs is 1. The van der Waals surface area contributed by atoms with Crippen LogP contribution in [0.1, 0.15) is 19.3 Å². The van der Waals surface area contributed by atoms with Crippen molar-refractivity contribution in [1.82, 2.24) is 9.62 Å². The first-order valence-electron chi connectivity index (χ1n) is 6.17. The van der Waals surface area contributed by atoms with E-state index in [4.69, 9.17) is 5.73 Å². The minimum Gasteiger partial charge on any atom is -0.398 e. The summed E-state index contributed by atoms with van der Waals surface area (Å²) in [5.74, 6) is 0. The van der Waals surface area contributed by atoms with Crippen molar-refractivity contribution in [1.29, 1.82) is 0 Å². The number of sulfonamides is 1. The molecule has 0 spiro atoms. The molecule has 2 saturated heterocycles. The molecule has 0 amide bonds. The fraction of sp³-hybridized carbons (Fsp3) is 0.636. The number of nitrogen functional groups attached to an aromatic ring is 1. The molecule has 2 fully saturated rings. The van der Waals surface area contributed by atoms with Gasteiger partial charge in [0.15, 0.2) is 0 Å². The predicted molar refractivity (Wildman–Crippen MR) is 72.1 cm³/mol. The quantitative estimate of drug-likeness (QED) is 0.864. The summed E-state index contributed by atoms with van der Waals surface area (Å²) in [5.41, 5.74) is 6.09. The van der Waals surface area contributed by atoms with Gasteiger partial charge < -0.3 is 5.73 Å². The van der Waals surface area contributed by atoms with E-state index in [9.17, 15) is 8.42 Å². The summed E-state index contributed by atoms with van der Waals surface area (Å²) in [7, 11) is -3.40. The summed E-state index contributed by atoms with van der Waals surface area (Å²) >= 11 is 1.18. The molecular formula is C11H17N3O2S2. The zero-order valence-corrected chi connectivity index (χ0v) is 11.6. The van der Waals surface area contributed by atoms with Gasteiger partial charge in [-0.1, -0.05) is 0 Å². The standard InChI is InChI=1S/C11H17N3O2S2/c12-8-6-11(17-7-8)18(15,16)13-9-3-5-14-4-1-2-10(9)14/h6-7,9-10,13H,1-5,12H2. The Bertz CT molecular complexity index is 540. The third-order valence-electron chi connectivity index (χ3n) is 3.77. The van der Waals surface area contributed by atoms with Crippen molar-refractivity contribution in [3.05, 3.63) is 11.4 Å². The van der Waals surface area contributed by atoms with Crippen LogP contribution in [0.2, 0.25) is 0 Å². The smallest absolute Gasteiger partial charge is 0.250 e. The maximum atomic E-state index is 12.2. The molecule has 100 valence electrons. The van der Waals surface area contributed by atoms with Gasteiger partial charge in [0.2, 0.25) is 10.0 Å². The third-order valence-corrected chi connectivity index (χ3v) is 6.72. The highest BCUT2D eigenvalue weighted by atomic mass is 32.2. The molecule has 3 N–H and O–H groups in total. The number of rotatable bonds is 3. The maximum absolute atomic E-state index is 12.2. The molecule has 2 atom stereocenters. The Labute approximate surface area is 111 Å². The first-order chi connectivity index (χ1) is 8.56. The molecule has 3 heterocycles. The molecule has 5 nitrogen and oxygen atoms in total. The highest BCUT2D eigenvalue weighted by Crippen LogP contribution is 2.30. The van der Waals surface area contributed by atoms with Crippen LogP contribution in [-0.4, -0.2) is 38.5 Å². The van der Waals surface area contributed by atoms with E-state index in [-0.39, 0.29) is 6.04 Å². The fourth-order valence-corrected chi connectivity index (χ4v) is 5.35. The van der Waals surface area contributed by atoms with E-state index < -0.39 is 10.0 Å². The Morgan fingerprint density at radius 1 is 1.39 bits per heavy atom. The van der Waals surface area contributed by atoms with Gasteiger partial charge in [0.25, 0.3) is 0 Å². The van der Waals surface area contributed by atoms with Gasteiger partial charge in [0.1, 0.15) is 4.21 Å². The first-order valence-corrected chi connectivity index (χ1v) is 8.53. The van der Waals surface area contributed by atoms with Crippen LogP contribution >= 0.6 is 11.3 Å². The van der Waals surface area contributed by atoms with Crippen LogP contribution in [0.5, 0.6) is 0 Å². The van der Waals surface area contributed by atoms with E-state index in [1.54, 1.807) is 5.38 Å². The molecule has 2 aliphatic heterocycles. The van der Waals surface area contributed by atoms with Gasteiger partial charge in [-0.15, -0.1) is 11.3 Å². The molecule has 0 radical (unpaired) electrons. The average Bonchev–Trinajstić information content (AvgIpc) is 2.96. The molecule has 0 saturated carbocycles. The summed E-state index contributed by atoms with van der Waals surface area (Å²) < 4.78 is 27.6. The van der Waals surface area contributed by atoms with Gasteiger partial charge in [0.05, 0.1) is 0 Å². The molecule has 0 aromatic carbocycles. The molecule has 1 aromatic heterocycles. The van der Waals surface area contributed by atoms with E-state index in [0.29, 0.717) is 15.9 Å². The van der Waals surface area contributed by atoms with Gasteiger partial charge in [-0.05, 0) is 31.9 Å². The molecule has 0 aliphatic carbocycles. The minimum absolute atomic E-state index is 0.0563. The lowest BCUT2D eigenvalue weighted by atomic mass is 10.1. The molecule has 1 aromatic rings. The van der Waals surface area contributed by atoms with Crippen molar-refractivity contribution in [2.24, 2.45) is 0 Å². The monoisotopic (exact) mass is 287 g/mol. The van der Waals surface area contributed by atoms with Crippen LogP contribution < -0.4 is 10.5 Å². The molecule has 2 aliphatic rings. The number of thiophene rings is 1. The Balaban J connectivity index is 1.76. The molecule has 3 rings (SSSR count). The second-order valence-electron chi connectivity index (χ2n) is 4.96. The SMILES string of the molecule is Nc1csc(S(=O)(=O)NC2CCN3CCCC23)c1. The lowest BCUT2D eigenvalue weighted by Crippen LogP contribution is -2.42. The van der Waals surface area contributed by atoms with Gasteiger partial charge in [-0.3, -0.25) is 4.90 Å². The second-order valence-corrected chi connectivity index (χ2v) is 7.81. The molecule has 7 heteroatoms. The second kappa shape index (κ2) is 4.48. The number of anilines is 1. The maximum Gasteiger partial charge on any atom is 0.250 e. The highest BCUT2D eigenvalue weighted by Gasteiger charge is 2.39. The van der Waals surface area contributed by atoms with E-state index in [2.05, 4.69) is 9.62 Å². The lowest BCUT2D eigenvalue weighted by Gasteiger charge is -2.20. The van der Waals surface area contributed by atoms with E-state index in [0.717, 1.165) is 25.9 Å². The third kappa shape index (κ3) is 2.16. The van der Waals surface area contributed by atoms with Crippen molar-refractivity contribution in [2.45, 2.75) is 35.6 Å². The van der Waals surface area contributed by atoms with Crippen molar-refractivity contribution >= 4 is 27.0 Å². The van der Waals surface area contributed by atoms with Crippen LogP contribution in [0, 0.1) is 0 Å². The van der Waals surface area contributed by atoms with Crippen LogP contribution in [0.25, 0.3) is 0 Å². The van der Waals surface area contributed by atoms with E-state index in [1.165, 1.54) is 23.8 Å². The minimum atomic E-state index is -3.40. The van der Waals surface area contributed by atoms with E-state index >= 15 is 0 Å². The van der Waals surface area contributed by atoms with Crippen LogP contribution in [0.4, 0.5) is 5.69 Å². The molecule has 2 unspecified atom stereocenters. The number of nitrogens with zero attached hydrogens (tertiary/aromatic N) is 1. The van der Waals surface area contributed by atoms with Gasteiger partial charge >= 0.3 is 0 Å². The summed E-state index contributed by atoms with van der Waals surface area (Å²) in [4.78, 5) is 2.38. The highest BCUT2D eigenvalue weighted by molar-refractivity contribution is 7.91. The van der Waals surface area contributed by atoms with Crippen molar-refractivity contribution < 1.29 is 8.42 Å².